The van der Waals surface area contributed by atoms with Gasteiger partial charge in [-0.05, 0) is 25.1 Å². The van der Waals surface area contributed by atoms with Gasteiger partial charge in [0.25, 0.3) is 0 Å². The van der Waals surface area contributed by atoms with Gasteiger partial charge < -0.3 is 0 Å². The summed E-state index contributed by atoms with van der Waals surface area (Å²) in [6.45, 7) is 5.60. The lowest BCUT2D eigenvalue weighted by molar-refractivity contribution is 1.29. The summed E-state index contributed by atoms with van der Waals surface area (Å²) in [6, 6.07) is 5.71. The van der Waals surface area contributed by atoms with E-state index < -0.39 is 0 Å². The molecule has 0 N–H and O–H groups in total. The fourth-order valence-electron chi connectivity index (χ4n) is 0.893. The quantitative estimate of drug-likeness (QED) is 0.643. The van der Waals surface area contributed by atoms with E-state index in [2.05, 4.69) is 16.6 Å². The Morgan fingerprint density at radius 1 is 1.54 bits per heavy atom. The highest BCUT2D eigenvalue weighted by Gasteiger charge is 1.96. The maximum absolute atomic E-state index is 4.19. The Balaban J connectivity index is 2.98. The fourth-order valence-corrected chi connectivity index (χ4v) is 0.893. The molecule has 1 aromatic heterocycles. The SMILES string of the molecule is C=CC(=N/C=C\C)c1ccccn1. The predicted molar refractivity (Wildman–Crippen MR) is 55.8 cm³/mol. The molecule has 0 radical (unpaired) electrons. The summed E-state index contributed by atoms with van der Waals surface area (Å²) in [4.78, 5) is 8.35. The van der Waals surface area contributed by atoms with Crippen molar-refractivity contribution in [3.05, 3.63) is 55.0 Å². The van der Waals surface area contributed by atoms with Gasteiger partial charge in [-0.3, -0.25) is 9.98 Å². The molecule has 0 bridgehead atoms. The summed E-state index contributed by atoms with van der Waals surface area (Å²) in [5.74, 6) is 0. The molecular formula is C11H12N2. The summed E-state index contributed by atoms with van der Waals surface area (Å²) in [7, 11) is 0. The molecule has 1 aromatic rings. The number of aromatic nitrogens is 1. The molecule has 0 aromatic carbocycles. The normalized spacial score (nSPS) is 11.9. The zero-order valence-corrected chi connectivity index (χ0v) is 7.64. The van der Waals surface area contributed by atoms with Crippen molar-refractivity contribution in [2.45, 2.75) is 6.92 Å². The van der Waals surface area contributed by atoms with Gasteiger partial charge in [-0.2, -0.15) is 0 Å². The second kappa shape index (κ2) is 5.04. The number of hydrogen-bond donors (Lipinski definition) is 0. The molecule has 0 aliphatic rings. The van der Waals surface area contributed by atoms with Crippen LogP contribution in [0.4, 0.5) is 0 Å². The Labute approximate surface area is 78.4 Å². The molecule has 66 valence electrons. The molecule has 13 heavy (non-hydrogen) atoms. The lowest BCUT2D eigenvalue weighted by Gasteiger charge is -1.96. The first-order chi connectivity index (χ1) is 6.38. The van der Waals surface area contributed by atoms with Crippen molar-refractivity contribution >= 4 is 5.71 Å². The number of pyridine rings is 1. The zero-order valence-electron chi connectivity index (χ0n) is 7.64. The van der Waals surface area contributed by atoms with Crippen LogP contribution in [0.25, 0.3) is 0 Å². The Morgan fingerprint density at radius 3 is 2.92 bits per heavy atom. The first-order valence-electron chi connectivity index (χ1n) is 4.11. The number of nitrogens with zero attached hydrogens (tertiary/aromatic N) is 2. The first kappa shape index (κ1) is 9.39. The average Bonchev–Trinajstić information content (AvgIpc) is 2.21. The van der Waals surface area contributed by atoms with Crippen molar-refractivity contribution in [1.82, 2.24) is 4.98 Å². The van der Waals surface area contributed by atoms with E-state index in [1.807, 2.05) is 31.2 Å². The van der Waals surface area contributed by atoms with Gasteiger partial charge >= 0.3 is 0 Å². The maximum Gasteiger partial charge on any atom is 0.0885 e. The van der Waals surface area contributed by atoms with Crippen LogP contribution in [0, 0.1) is 0 Å². The highest BCUT2D eigenvalue weighted by atomic mass is 14.8. The predicted octanol–water partition coefficient (Wildman–Crippen LogP) is 2.59. The number of aliphatic imine (C=N–C) groups is 1. The molecule has 0 saturated carbocycles. The van der Waals surface area contributed by atoms with Crippen LogP contribution in [0.1, 0.15) is 12.6 Å². The van der Waals surface area contributed by atoms with E-state index in [4.69, 9.17) is 0 Å². The summed E-state index contributed by atoms with van der Waals surface area (Å²) >= 11 is 0. The monoisotopic (exact) mass is 172 g/mol. The van der Waals surface area contributed by atoms with Gasteiger partial charge in [0.15, 0.2) is 0 Å². The van der Waals surface area contributed by atoms with Crippen LogP contribution in [0.3, 0.4) is 0 Å². The van der Waals surface area contributed by atoms with Crippen molar-refractivity contribution in [2.75, 3.05) is 0 Å². The third kappa shape index (κ3) is 2.67. The highest BCUT2D eigenvalue weighted by Crippen LogP contribution is 1.98. The Morgan fingerprint density at radius 2 is 2.38 bits per heavy atom. The van der Waals surface area contributed by atoms with E-state index in [-0.39, 0.29) is 0 Å². The number of hydrogen-bond acceptors (Lipinski definition) is 2. The molecule has 0 amide bonds. The van der Waals surface area contributed by atoms with Gasteiger partial charge in [0.1, 0.15) is 0 Å². The second-order valence-electron chi connectivity index (χ2n) is 2.42. The summed E-state index contributed by atoms with van der Waals surface area (Å²) in [5, 5.41) is 0. The van der Waals surface area contributed by atoms with Crippen LogP contribution in [0.15, 0.2) is 54.3 Å². The second-order valence-corrected chi connectivity index (χ2v) is 2.42. The van der Waals surface area contributed by atoms with E-state index in [1.165, 1.54) is 0 Å². The Bertz CT molecular complexity index is 323. The van der Waals surface area contributed by atoms with Crippen LogP contribution in [-0.2, 0) is 0 Å². The third-order valence-corrected chi connectivity index (χ3v) is 1.48. The molecule has 1 rings (SSSR count). The van der Waals surface area contributed by atoms with E-state index in [9.17, 15) is 0 Å². The topological polar surface area (TPSA) is 25.2 Å². The molecule has 0 aliphatic carbocycles. The summed E-state index contributed by atoms with van der Waals surface area (Å²) in [6.07, 6.45) is 7.03. The van der Waals surface area contributed by atoms with Gasteiger partial charge in [0.2, 0.25) is 0 Å². The van der Waals surface area contributed by atoms with Crippen LogP contribution in [-0.4, -0.2) is 10.7 Å². The third-order valence-electron chi connectivity index (χ3n) is 1.48. The molecule has 0 fully saturated rings. The van der Waals surface area contributed by atoms with Crippen molar-refractivity contribution in [3.8, 4) is 0 Å². The number of allylic oxidation sites excluding steroid dienone is 2. The zero-order chi connectivity index (χ0) is 9.52. The van der Waals surface area contributed by atoms with Crippen molar-refractivity contribution in [1.29, 1.82) is 0 Å². The van der Waals surface area contributed by atoms with Crippen LogP contribution in [0.2, 0.25) is 0 Å². The molecule has 2 nitrogen and oxygen atoms in total. The Hall–Kier alpha value is -1.70. The molecule has 0 saturated heterocycles. The van der Waals surface area contributed by atoms with Gasteiger partial charge in [0.05, 0.1) is 11.4 Å². The molecule has 1 heterocycles. The van der Waals surface area contributed by atoms with Gasteiger partial charge in [-0.15, -0.1) is 0 Å². The maximum atomic E-state index is 4.19. The minimum absolute atomic E-state index is 0.790. The standard InChI is InChI=1S/C11H12N2/c1-3-8-12-10(4-2)11-7-5-6-9-13-11/h3-9H,2H2,1H3/b8-3-,12-10?. The van der Waals surface area contributed by atoms with E-state index >= 15 is 0 Å². The molecule has 2 heteroatoms. The van der Waals surface area contributed by atoms with E-state index in [0.29, 0.717) is 0 Å². The van der Waals surface area contributed by atoms with Crippen molar-refractivity contribution in [2.24, 2.45) is 4.99 Å². The first-order valence-corrected chi connectivity index (χ1v) is 4.11. The highest BCUT2D eigenvalue weighted by molar-refractivity contribution is 6.07. The van der Waals surface area contributed by atoms with Crippen LogP contribution < -0.4 is 0 Å². The lowest BCUT2D eigenvalue weighted by atomic mass is 10.2. The van der Waals surface area contributed by atoms with Crippen molar-refractivity contribution < 1.29 is 0 Å². The van der Waals surface area contributed by atoms with Gasteiger partial charge in [-0.1, -0.05) is 18.7 Å². The van der Waals surface area contributed by atoms with Crippen LogP contribution in [0.5, 0.6) is 0 Å². The van der Waals surface area contributed by atoms with Crippen LogP contribution >= 0.6 is 0 Å². The summed E-state index contributed by atoms with van der Waals surface area (Å²) in [5.41, 5.74) is 1.63. The lowest BCUT2D eigenvalue weighted by Crippen LogP contribution is -1.97. The van der Waals surface area contributed by atoms with Gasteiger partial charge in [0, 0.05) is 12.4 Å². The van der Waals surface area contributed by atoms with Gasteiger partial charge in [-0.25, -0.2) is 0 Å². The van der Waals surface area contributed by atoms with E-state index in [1.54, 1.807) is 18.5 Å². The summed E-state index contributed by atoms with van der Waals surface area (Å²) < 4.78 is 0. The smallest absolute Gasteiger partial charge is 0.0885 e. The molecule has 0 aliphatic heterocycles. The molecule has 0 spiro atoms. The number of rotatable bonds is 3. The molecule has 0 unspecified atom stereocenters. The minimum Gasteiger partial charge on any atom is -0.255 e. The molecule has 0 atom stereocenters. The average molecular weight is 172 g/mol. The Kier molecular flexibility index (Phi) is 3.64. The van der Waals surface area contributed by atoms with E-state index in [0.717, 1.165) is 11.4 Å². The largest absolute Gasteiger partial charge is 0.255 e. The van der Waals surface area contributed by atoms with Crippen molar-refractivity contribution in [3.63, 3.8) is 0 Å². The molecular weight excluding hydrogens is 160 g/mol. The minimum atomic E-state index is 0.790. The fraction of sp³-hybridized carbons (Fsp3) is 0.0909.